The number of hydrogen-bond donors (Lipinski definition) is 1. The molecule has 0 bridgehead atoms. The maximum atomic E-state index is 12.7. The molecule has 2 nitrogen and oxygen atoms in total. The van der Waals surface area contributed by atoms with E-state index in [4.69, 9.17) is 11.6 Å². The van der Waals surface area contributed by atoms with Gasteiger partial charge in [-0.3, -0.25) is 4.79 Å². The van der Waals surface area contributed by atoms with Crippen molar-refractivity contribution in [2.45, 2.75) is 45.4 Å². The first-order valence-corrected chi connectivity index (χ1v) is 9.42. The molecule has 0 radical (unpaired) electrons. The molecule has 1 amide bonds. The van der Waals surface area contributed by atoms with E-state index in [0.29, 0.717) is 16.9 Å². The topological polar surface area (TPSA) is 29.1 Å². The Morgan fingerprint density at radius 1 is 1.00 bits per heavy atom. The van der Waals surface area contributed by atoms with E-state index in [1.54, 1.807) is 0 Å². The minimum Gasteiger partial charge on any atom is -0.326 e. The quantitative estimate of drug-likeness (QED) is 0.664. The number of carbonyl (C=O) groups is 1. The van der Waals surface area contributed by atoms with Crippen LogP contribution in [0.5, 0.6) is 0 Å². The first-order chi connectivity index (χ1) is 11.7. The Labute approximate surface area is 150 Å². The number of allylic oxidation sites excluding steroid dienone is 4. The Morgan fingerprint density at radius 3 is 2.21 bits per heavy atom. The van der Waals surface area contributed by atoms with Crippen molar-refractivity contribution in [3.05, 3.63) is 53.1 Å². The van der Waals surface area contributed by atoms with Gasteiger partial charge in [-0.05, 0) is 75.0 Å². The molecule has 0 saturated heterocycles. The zero-order chi connectivity index (χ0) is 16.9. The molecule has 3 rings (SSSR count). The maximum Gasteiger partial charge on any atom is 0.228 e. The molecule has 1 fully saturated rings. The SMILES string of the molecule is Cc1c(Cl)cccc1NC(=O)C1C2CC/C=C\CC/C=C/CCC21. The Bertz CT molecular complexity index is 625. The van der Waals surface area contributed by atoms with Crippen LogP contribution in [0, 0.1) is 24.7 Å². The number of carbonyl (C=O) groups excluding carboxylic acids is 1. The van der Waals surface area contributed by atoms with Crippen LogP contribution in [-0.4, -0.2) is 5.91 Å². The van der Waals surface area contributed by atoms with E-state index in [0.717, 1.165) is 49.8 Å². The predicted octanol–water partition coefficient (Wildman–Crippen LogP) is 5.92. The Kier molecular flexibility index (Phi) is 5.78. The third-order valence-corrected chi connectivity index (χ3v) is 5.74. The van der Waals surface area contributed by atoms with Gasteiger partial charge >= 0.3 is 0 Å². The molecule has 0 spiro atoms. The van der Waals surface area contributed by atoms with Gasteiger partial charge < -0.3 is 5.32 Å². The lowest BCUT2D eigenvalue weighted by atomic mass is 10.1. The number of amides is 1. The van der Waals surface area contributed by atoms with Crippen LogP contribution in [0.2, 0.25) is 5.02 Å². The van der Waals surface area contributed by atoms with Gasteiger partial charge in [-0.25, -0.2) is 0 Å². The highest BCUT2D eigenvalue weighted by Crippen LogP contribution is 2.52. The van der Waals surface area contributed by atoms with Crippen LogP contribution in [0.1, 0.15) is 44.1 Å². The van der Waals surface area contributed by atoms with Gasteiger partial charge in [-0.2, -0.15) is 0 Å². The van der Waals surface area contributed by atoms with Crippen LogP contribution in [0.15, 0.2) is 42.5 Å². The van der Waals surface area contributed by atoms with E-state index in [1.807, 2.05) is 25.1 Å². The fraction of sp³-hybridized carbons (Fsp3) is 0.476. The molecule has 1 aromatic rings. The zero-order valence-corrected chi connectivity index (χ0v) is 15.1. The summed E-state index contributed by atoms with van der Waals surface area (Å²) in [5.74, 6) is 1.38. The lowest BCUT2D eigenvalue weighted by Crippen LogP contribution is -2.16. The van der Waals surface area contributed by atoms with Crippen LogP contribution in [0.3, 0.4) is 0 Å². The number of nitrogens with one attached hydrogen (secondary N) is 1. The molecular weight excluding hydrogens is 318 g/mol. The van der Waals surface area contributed by atoms with Crippen molar-refractivity contribution < 1.29 is 4.79 Å². The van der Waals surface area contributed by atoms with Crippen molar-refractivity contribution in [3.8, 4) is 0 Å². The molecule has 128 valence electrons. The molecule has 1 saturated carbocycles. The Balaban J connectivity index is 1.65. The summed E-state index contributed by atoms with van der Waals surface area (Å²) in [5, 5.41) is 3.81. The van der Waals surface area contributed by atoms with Gasteiger partial charge in [0, 0.05) is 16.6 Å². The lowest BCUT2D eigenvalue weighted by Gasteiger charge is -2.09. The summed E-state index contributed by atoms with van der Waals surface area (Å²) < 4.78 is 0. The highest BCUT2D eigenvalue weighted by atomic mass is 35.5. The number of rotatable bonds is 2. The summed E-state index contributed by atoms with van der Waals surface area (Å²) >= 11 is 6.16. The molecule has 0 aliphatic heterocycles. The third kappa shape index (κ3) is 4.10. The minimum absolute atomic E-state index is 0.158. The highest BCUT2D eigenvalue weighted by molar-refractivity contribution is 6.31. The summed E-state index contributed by atoms with van der Waals surface area (Å²) in [6.45, 7) is 1.95. The van der Waals surface area contributed by atoms with Crippen LogP contribution in [-0.2, 0) is 4.79 Å². The van der Waals surface area contributed by atoms with Crippen molar-refractivity contribution in [3.63, 3.8) is 0 Å². The van der Waals surface area contributed by atoms with Gasteiger partial charge in [0.2, 0.25) is 5.91 Å². The smallest absolute Gasteiger partial charge is 0.228 e. The second kappa shape index (κ2) is 8.02. The average Bonchev–Trinajstić information content (AvgIpc) is 3.24. The largest absolute Gasteiger partial charge is 0.326 e. The van der Waals surface area contributed by atoms with Crippen molar-refractivity contribution in [1.29, 1.82) is 0 Å². The predicted molar refractivity (Wildman–Crippen MR) is 101 cm³/mol. The molecule has 2 aliphatic carbocycles. The van der Waals surface area contributed by atoms with Crippen molar-refractivity contribution >= 4 is 23.2 Å². The Hall–Kier alpha value is -1.54. The minimum atomic E-state index is 0.158. The van der Waals surface area contributed by atoms with E-state index in [9.17, 15) is 4.79 Å². The van der Waals surface area contributed by atoms with Crippen LogP contribution < -0.4 is 5.32 Å². The standard InChI is InChI=1S/C21H26ClNO/c1-15-18(22)13-10-14-19(15)23-21(24)20-16-11-8-6-4-2-3-5-7-9-12-17(16)20/h4-7,10,13-14,16-17,20H,2-3,8-9,11-12H2,1H3,(H,23,24)/b6-4-,7-5+. The molecule has 0 heterocycles. The lowest BCUT2D eigenvalue weighted by molar-refractivity contribution is -0.117. The molecule has 3 heteroatoms. The van der Waals surface area contributed by atoms with E-state index >= 15 is 0 Å². The molecule has 3 unspecified atom stereocenters. The van der Waals surface area contributed by atoms with E-state index in [1.165, 1.54) is 0 Å². The average molecular weight is 344 g/mol. The van der Waals surface area contributed by atoms with Gasteiger partial charge in [0.15, 0.2) is 0 Å². The fourth-order valence-electron chi connectivity index (χ4n) is 3.82. The summed E-state index contributed by atoms with van der Waals surface area (Å²) in [5.41, 5.74) is 1.78. The highest BCUT2D eigenvalue weighted by Gasteiger charge is 2.52. The van der Waals surface area contributed by atoms with Crippen molar-refractivity contribution in [1.82, 2.24) is 0 Å². The summed E-state index contributed by atoms with van der Waals surface area (Å²) in [6.07, 6.45) is 15.8. The second-order valence-corrected chi connectivity index (χ2v) is 7.34. The molecule has 1 aromatic carbocycles. The summed E-state index contributed by atoms with van der Waals surface area (Å²) in [4.78, 5) is 12.7. The van der Waals surface area contributed by atoms with Crippen LogP contribution in [0.4, 0.5) is 5.69 Å². The molecule has 0 aromatic heterocycles. The van der Waals surface area contributed by atoms with Gasteiger partial charge in [0.05, 0.1) is 0 Å². The molecule has 2 aliphatic rings. The summed E-state index contributed by atoms with van der Waals surface area (Å²) in [6, 6.07) is 5.67. The second-order valence-electron chi connectivity index (χ2n) is 6.93. The molecular formula is C21H26ClNO. The van der Waals surface area contributed by atoms with Gasteiger partial charge in [-0.1, -0.05) is 42.0 Å². The maximum absolute atomic E-state index is 12.7. The zero-order valence-electron chi connectivity index (χ0n) is 14.3. The number of benzene rings is 1. The summed E-state index contributed by atoms with van der Waals surface area (Å²) in [7, 11) is 0. The van der Waals surface area contributed by atoms with Crippen LogP contribution >= 0.6 is 11.6 Å². The van der Waals surface area contributed by atoms with Gasteiger partial charge in [0.1, 0.15) is 0 Å². The first-order valence-electron chi connectivity index (χ1n) is 9.04. The van der Waals surface area contributed by atoms with E-state index in [-0.39, 0.29) is 11.8 Å². The van der Waals surface area contributed by atoms with Gasteiger partial charge in [-0.15, -0.1) is 0 Å². The van der Waals surface area contributed by atoms with E-state index < -0.39 is 0 Å². The molecule has 3 atom stereocenters. The number of halogens is 1. The monoisotopic (exact) mass is 343 g/mol. The van der Waals surface area contributed by atoms with Gasteiger partial charge in [0.25, 0.3) is 0 Å². The number of fused-ring (bicyclic) bond motifs is 1. The van der Waals surface area contributed by atoms with E-state index in [2.05, 4.69) is 29.6 Å². The van der Waals surface area contributed by atoms with Crippen molar-refractivity contribution in [2.24, 2.45) is 17.8 Å². The normalized spacial score (nSPS) is 29.5. The number of anilines is 1. The molecule has 24 heavy (non-hydrogen) atoms. The first kappa shape index (κ1) is 17.3. The fourth-order valence-corrected chi connectivity index (χ4v) is 4.00. The Morgan fingerprint density at radius 2 is 1.58 bits per heavy atom. The molecule has 1 N–H and O–H groups in total. The van der Waals surface area contributed by atoms with Crippen molar-refractivity contribution in [2.75, 3.05) is 5.32 Å². The third-order valence-electron chi connectivity index (χ3n) is 5.33. The van der Waals surface area contributed by atoms with Crippen LogP contribution in [0.25, 0.3) is 0 Å². The number of hydrogen-bond acceptors (Lipinski definition) is 1.